The number of nitrogens with zero attached hydrogens (tertiary/aromatic N) is 1. The molecule has 1 aliphatic rings. The Kier molecular flexibility index (Phi) is 4.11. The minimum absolute atomic E-state index is 0.331. The van der Waals surface area contributed by atoms with Crippen molar-refractivity contribution in [2.75, 3.05) is 26.7 Å². The van der Waals surface area contributed by atoms with E-state index in [2.05, 4.69) is 4.90 Å². The number of carboxylic acids is 1. The van der Waals surface area contributed by atoms with Gasteiger partial charge in [0.15, 0.2) is 0 Å². The zero-order chi connectivity index (χ0) is 11.5. The Morgan fingerprint density at radius 3 is 2.73 bits per heavy atom. The molecule has 1 heterocycles. The number of carboxylic acid groups (broad SMARTS) is 1. The van der Waals surface area contributed by atoms with Crippen molar-refractivity contribution in [3.63, 3.8) is 0 Å². The summed E-state index contributed by atoms with van der Waals surface area (Å²) in [6.45, 7) is 6.36. The molecular weight excluding hydrogens is 194 g/mol. The maximum Gasteiger partial charge on any atom is 0.309 e. The van der Waals surface area contributed by atoms with Gasteiger partial charge in [-0.2, -0.15) is 0 Å². The van der Waals surface area contributed by atoms with Crippen LogP contribution in [-0.2, 0) is 9.53 Å². The van der Waals surface area contributed by atoms with E-state index in [1.165, 1.54) is 0 Å². The molecule has 0 aromatic carbocycles. The Bertz CT molecular complexity index is 228. The topological polar surface area (TPSA) is 49.8 Å². The van der Waals surface area contributed by atoms with E-state index in [4.69, 9.17) is 9.84 Å². The van der Waals surface area contributed by atoms with Crippen LogP contribution in [0.5, 0.6) is 0 Å². The molecule has 1 saturated heterocycles. The molecule has 4 nitrogen and oxygen atoms in total. The smallest absolute Gasteiger partial charge is 0.309 e. The lowest BCUT2D eigenvalue weighted by Gasteiger charge is -2.23. The molecule has 88 valence electrons. The molecule has 0 aromatic heterocycles. The lowest BCUT2D eigenvalue weighted by Crippen LogP contribution is -2.31. The van der Waals surface area contributed by atoms with Gasteiger partial charge in [0.1, 0.15) is 0 Å². The number of carbonyl (C=O) groups is 1. The molecule has 15 heavy (non-hydrogen) atoms. The molecule has 0 bridgehead atoms. The van der Waals surface area contributed by atoms with Gasteiger partial charge in [-0.3, -0.25) is 4.79 Å². The van der Waals surface area contributed by atoms with Crippen molar-refractivity contribution in [1.82, 2.24) is 4.90 Å². The molecule has 4 heteroatoms. The SMILES string of the molecule is COC1CCN(CCC(C)(C)C(=O)O)C1. The van der Waals surface area contributed by atoms with Gasteiger partial charge in [0, 0.05) is 20.2 Å². The number of ether oxygens (including phenoxy) is 1. The summed E-state index contributed by atoms with van der Waals surface area (Å²) in [5.74, 6) is -0.718. The van der Waals surface area contributed by atoms with E-state index in [-0.39, 0.29) is 0 Å². The van der Waals surface area contributed by atoms with Crippen LogP contribution < -0.4 is 0 Å². The van der Waals surface area contributed by atoms with Crippen molar-refractivity contribution in [2.45, 2.75) is 32.8 Å². The Balaban J connectivity index is 2.29. The van der Waals surface area contributed by atoms with Gasteiger partial charge in [0.25, 0.3) is 0 Å². The standard InChI is InChI=1S/C11H21NO3/c1-11(2,10(13)14)5-7-12-6-4-9(8-12)15-3/h9H,4-8H2,1-3H3,(H,13,14). The van der Waals surface area contributed by atoms with Crippen LogP contribution in [0.1, 0.15) is 26.7 Å². The fourth-order valence-electron chi connectivity index (χ4n) is 1.74. The summed E-state index contributed by atoms with van der Waals surface area (Å²) in [5.41, 5.74) is -0.620. The van der Waals surface area contributed by atoms with Crippen molar-refractivity contribution in [2.24, 2.45) is 5.41 Å². The fraction of sp³-hybridized carbons (Fsp3) is 0.909. The second kappa shape index (κ2) is 4.94. The largest absolute Gasteiger partial charge is 0.481 e. The van der Waals surface area contributed by atoms with Gasteiger partial charge >= 0.3 is 5.97 Å². The molecule has 1 fully saturated rings. The minimum Gasteiger partial charge on any atom is -0.481 e. The molecule has 0 saturated carbocycles. The van der Waals surface area contributed by atoms with Crippen LogP contribution in [0.25, 0.3) is 0 Å². The van der Waals surface area contributed by atoms with Gasteiger partial charge in [0.05, 0.1) is 11.5 Å². The molecule has 0 aliphatic carbocycles. The molecule has 1 unspecified atom stereocenters. The first kappa shape index (κ1) is 12.5. The summed E-state index contributed by atoms with van der Waals surface area (Å²) >= 11 is 0. The summed E-state index contributed by atoms with van der Waals surface area (Å²) in [7, 11) is 1.73. The maximum atomic E-state index is 10.9. The van der Waals surface area contributed by atoms with Crippen LogP contribution in [0.2, 0.25) is 0 Å². The highest BCUT2D eigenvalue weighted by Gasteiger charge is 2.29. The third kappa shape index (κ3) is 3.47. The van der Waals surface area contributed by atoms with Gasteiger partial charge in [-0.25, -0.2) is 0 Å². The molecule has 1 N–H and O–H groups in total. The van der Waals surface area contributed by atoms with Crippen molar-refractivity contribution in [1.29, 1.82) is 0 Å². The molecule has 0 aromatic rings. The predicted molar refractivity (Wildman–Crippen MR) is 57.9 cm³/mol. The van der Waals surface area contributed by atoms with Crippen LogP contribution in [0.15, 0.2) is 0 Å². The van der Waals surface area contributed by atoms with E-state index in [9.17, 15) is 4.79 Å². The molecule has 0 amide bonds. The van der Waals surface area contributed by atoms with Gasteiger partial charge < -0.3 is 14.7 Å². The Labute approximate surface area is 91.2 Å². The molecule has 0 radical (unpaired) electrons. The van der Waals surface area contributed by atoms with E-state index >= 15 is 0 Å². The predicted octanol–water partition coefficient (Wildman–Crippen LogP) is 1.21. The van der Waals surface area contributed by atoms with Crippen molar-refractivity contribution in [3.8, 4) is 0 Å². The maximum absolute atomic E-state index is 10.9. The molecule has 1 atom stereocenters. The van der Waals surface area contributed by atoms with Crippen LogP contribution in [0.3, 0.4) is 0 Å². The second-order valence-electron chi connectivity index (χ2n) is 4.89. The lowest BCUT2D eigenvalue weighted by atomic mass is 9.89. The van der Waals surface area contributed by atoms with Crippen molar-refractivity contribution in [3.05, 3.63) is 0 Å². The van der Waals surface area contributed by atoms with Crippen LogP contribution in [0, 0.1) is 5.41 Å². The summed E-state index contributed by atoms with van der Waals surface area (Å²) in [6.07, 6.45) is 2.08. The average Bonchev–Trinajstić information content (AvgIpc) is 2.62. The molecule has 1 rings (SSSR count). The van der Waals surface area contributed by atoms with Crippen molar-refractivity contribution < 1.29 is 14.6 Å². The van der Waals surface area contributed by atoms with E-state index in [0.29, 0.717) is 12.5 Å². The Hall–Kier alpha value is -0.610. The third-order valence-corrected chi connectivity index (χ3v) is 3.19. The monoisotopic (exact) mass is 215 g/mol. The van der Waals surface area contributed by atoms with E-state index < -0.39 is 11.4 Å². The number of rotatable bonds is 5. The van der Waals surface area contributed by atoms with Gasteiger partial charge in [-0.15, -0.1) is 0 Å². The molecule has 1 aliphatic heterocycles. The number of likely N-dealkylation sites (tertiary alicyclic amines) is 1. The normalized spacial score (nSPS) is 23.3. The van der Waals surface area contributed by atoms with Gasteiger partial charge in [-0.05, 0) is 33.2 Å². The highest BCUT2D eigenvalue weighted by Crippen LogP contribution is 2.22. The van der Waals surface area contributed by atoms with Crippen LogP contribution >= 0.6 is 0 Å². The van der Waals surface area contributed by atoms with E-state index in [1.807, 2.05) is 0 Å². The molecular formula is C11H21NO3. The lowest BCUT2D eigenvalue weighted by molar-refractivity contribution is -0.147. The number of aliphatic carboxylic acids is 1. The highest BCUT2D eigenvalue weighted by atomic mass is 16.5. The second-order valence-corrected chi connectivity index (χ2v) is 4.89. The Morgan fingerprint density at radius 2 is 2.27 bits per heavy atom. The first-order chi connectivity index (χ1) is 6.95. The summed E-state index contributed by atoms with van der Waals surface area (Å²) in [5, 5.41) is 8.97. The number of hydrogen-bond donors (Lipinski definition) is 1. The minimum atomic E-state index is -0.718. The zero-order valence-corrected chi connectivity index (χ0v) is 9.82. The summed E-state index contributed by atoms with van der Waals surface area (Å²) in [4.78, 5) is 13.2. The number of hydrogen-bond acceptors (Lipinski definition) is 3. The fourth-order valence-corrected chi connectivity index (χ4v) is 1.74. The zero-order valence-electron chi connectivity index (χ0n) is 9.82. The van der Waals surface area contributed by atoms with Crippen LogP contribution in [-0.4, -0.2) is 48.8 Å². The van der Waals surface area contributed by atoms with Crippen molar-refractivity contribution >= 4 is 5.97 Å². The average molecular weight is 215 g/mol. The van der Waals surface area contributed by atoms with E-state index in [1.54, 1.807) is 21.0 Å². The van der Waals surface area contributed by atoms with Gasteiger partial charge in [-0.1, -0.05) is 0 Å². The third-order valence-electron chi connectivity index (χ3n) is 3.19. The first-order valence-corrected chi connectivity index (χ1v) is 5.44. The number of methoxy groups -OCH3 is 1. The highest BCUT2D eigenvalue weighted by molar-refractivity contribution is 5.73. The van der Waals surface area contributed by atoms with E-state index in [0.717, 1.165) is 26.1 Å². The van der Waals surface area contributed by atoms with Crippen LogP contribution in [0.4, 0.5) is 0 Å². The first-order valence-electron chi connectivity index (χ1n) is 5.44. The Morgan fingerprint density at radius 1 is 1.60 bits per heavy atom. The molecule has 0 spiro atoms. The van der Waals surface area contributed by atoms with Gasteiger partial charge in [0.2, 0.25) is 0 Å². The summed E-state index contributed by atoms with van der Waals surface area (Å²) in [6, 6.07) is 0. The quantitative estimate of drug-likeness (QED) is 0.749. The summed E-state index contributed by atoms with van der Waals surface area (Å²) < 4.78 is 5.26.